The minimum absolute atomic E-state index is 0.604. The van der Waals surface area contributed by atoms with E-state index in [0.717, 1.165) is 12.0 Å². The normalized spacial score (nSPS) is 29.0. The lowest BCUT2D eigenvalue weighted by Crippen LogP contribution is -2.37. The largest absolute Gasteiger partial charge is 0.316 e. The Morgan fingerprint density at radius 3 is 2.50 bits per heavy atom. The molecule has 1 saturated heterocycles. The van der Waals surface area contributed by atoms with E-state index in [9.17, 15) is 0 Å². The fourth-order valence-electron chi connectivity index (χ4n) is 3.60. The summed E-state index contributed by atoms with van der Waals surface area (Å²) in [6.45, 7) is 8.67. The molecule has 0 aromatic heterocycles. The maximum absolute atomic E-state index is 3.47. The van der Waals surface area contributed by atoms with Crippen LogP contribution in [0.2, 0.25) is 0 Å². The average Bonchev–Trinajstić information content (AvgIpc) is 2.82. The van der Waals surface area contributed by atoms with Crippen molar-refractivity contribution >= 4 is 0 Å². The molecule has 106 valence electrons. The zero-order valence-corrected chi connectivity index (χ0v) is 12.7. The van der Waals surface area contributed by atoms with Crippen LogP contribution in [0.3, 0.4) is 0 Å². The number of rotatable bonds is 5. The van der Waals surface area contributed by atoms with Gasteiger partial charge in [0.2, 0.25) is 0 Å². The molecule has 0 aromatic carbocycles. The predicted molar refractivity (Wildman–Crippen MR) is 78.9 cm³/mol. The van der Waals surface area contributed by atoms with Crippen molar-refractivity contribution in [3.8, 4) is 0 Å². The van der Waals surface area contributed by atoms with E-state index in [1.165, 1.54) is 64.6 Å². The van der Waals surface area contributed by atoms with E-state index >= 15 is 0 Å². The fraction of sp³-hybridized carbons (Fsp3) is 1.00. The van der Waals surface area contributed by atoms with Crippen molar-refractivity contribution in [3.63, 3.8) is 0 Å². The van der Waals surface area contributed by atoms with Gasteiger partial charge in [-0.05, 0) is 83.0 Å². The highest BCUT2D eigenvalue weighted by Crippen LogP contribution is 2.36. The molecular formula is C16H32N2. The molecule has 0 spiro atoms. The number of nitrogens with one attached hydrogen (secondary N) is 1. The van der Waals surface area contributed by atoms with Crippen LogP contribution < -0.4 is 5.32 Å². The highest BCUT2D eigenvalue weighted by atomic mass is 15.1. The lowest BCUT2D eigenvalue weighted by molar-refractivity contribution is 0.125. The van der Waals surface area contributed by atoms with Crippen molar-refractivity contribution in [3.05, 3.63) is 0 Å². The molecule has 18 heavy (non-hydrogen) atoms. The maximum atomic E-state index is 3.47. The number of hydrogen-bond acceptors (Lipinski definition) is 2. The standard InChI is InChI=1S/C16H32N2/c1-16(2)9-6-15(7-10-16)18(3)12-4-5-14-8-11-17-13-14/h14-15,17H,4-13H2,1-3H3. The molecule has 2 fully saturated rings. The molecule has 0 amide bonds. The first kappa shape index (κ1) is 14.3. The predicted octanol–water partition coefficient (Wildman–Crippen LogP) is 3.28. The summed E-state index contributed by atoms with van der Waals surface area (Å²) in [6.07, 6.45) is 9.87. The van der Waals surface area contributed by atoms with Gasteiger partial charge in [-0.25, -0.2) is 0 Å². The van der Waals surface area contributed by atoms with Crippen LogP contribution in [0.25, 0.3) is 0 Å². The molecule has 1 aliphatic carbocycles. The van der Waals surface area contributed by atoms with Gasteiger partial charge >= 0.3 is 0 Å². The molecule has 2 aliphatic rings. The van der Waals surface area contributed by atoms with Gasteiger partial charge < -0.3 is 10.2 Å². The van der Waals surface area contributed by atoms with Crippen molar-refractivity contribution in [1.82, 2.24) is 10.2 Å². The molecule has 2 heteroatoms. The topological polar surface area (TPSA) is 15.3 Å². The van der Waals surface area contributed by atoms with Gasteiger partial charge in [0.05, 0.1) is 0 Å². The van der Waals surface area contributed by atoms with Gasteiger partial charge in [0.15, 0.2) is 0 Å². The Labute approximate surface area is 114 Å². The minimum Gasteiger partial charge on any atom is -0.316 e. The first-order valence-electron chi connectivity index (χ1n) is 7.98. The first-order valence-corrected chi connectivity index (χ1v) is 7.98. The van der Waals surface area contributed by atoms with E-state index in [4.69, 9.17) is 0 Å². The Morgan fingerprint density at radius 2 is 1.89 bits per heavy atom. The summed E-state index contributed by atoms with van der Waals surface area (Å²) in [6, 6.07) is 0.861. The van der Waals surface area contributed by atoms with E-state index in [0.29, 0.717) is 5.41 Å². The van der Waals surface area contributed by atoms with E-state index < -0.39 is 0 Å². The molecule has 0 aromatic rings. The molecule has 1 N–H and O–H groups in total. The third-order valence-corrected chi connectivity index (χ3v) is 5.22. The molecule has 1 atom stereocenters. The van der Waals surface area contributed by atoms with Crippen LogP contribution in [0.4, 0.5) is 0 Å². The van der Waals surface area contributed by atoms with Crippen molar-refractivity contribution < 1.29 is 0 Å². The van der Waals surface area contributed by atoms with Gasteiger partial charge in [0.1, 0.15) is 0 Å². The van der Waals surface area contributed by atoms with Crippen LogP contribution in [-0.2, 0) is 0 Å². The molecule has 0 radical (unpaired) electrons. The van der Waals surface area contributed by atoms with Crippen LogP contribution in [-0.4, -0.2) is 37.6 Å². The number of nitrogens with zero attached hydrogens (tertiary/aromatic N) is 1. The second-order valence-electron chi connectivity index (χ2n) is 7.38. The first-order chi connectivity index (χ1) is 8.57. The molecule has 1 heterocycles. The summed E-state index contributed by atoms with van der Waals surface area (Å²) in [5, 5.41) is 3.47. The van der Waals surface area contributed by atoms with Crippen molar-refractivity contribution in [2.45, 2.75) is 64.8 Å². The van der Waals surface area contributed by atoms with Crippen LogP contribution in [0, 0.1) is 11.3 Å². The highest BCUT2D eigenvalue weighted by molar-refractivity contribution is 4.83. The van der Waals surface area contributed by atoms with Crippen LogP contribution in [0.5, 0.6) is 0 Å². The average molecular weight is 252 g/mol. The SMILES string of the molecule is CN(CCCC1CCNC1)C1CCC(C)(C)CC1. The third-order valence-electron chi connectivity index (χ3n) is 5.22. The van der Waals surface area contributed by atoms with Crippen molar-refractivity contribution in [1.29, 1.82) is 0 Å². The Kier molecular flexibility index (Phi) is 5.08. The molecule has 0 bridgehead atoms. The lowest BCUT2D eigenvalue weighted by Gasteiger charge is -2.38. The summed E-state index contributed by atoms with van der Waals surface area (Å²) in [5.41, 5.74) is 0.604. The van der Waals surface area contributed by atoms with Gasteiger partial charge in [0.25, 0.3) is 0 Å². The summed E-state index contributed by atoms with van der Waals surface area (Å²) >= 11 is 0. The van der Waals surface area contributed by atoms with E-state index in [2.05, 4.69) is 31.1 Å². The Balaban J connectivity index is 1.61. The Bertz CT molecular complexity index is 233. The fourth-order valence-corrected chi connectivity index (χ4v) is 3.60. The zero-order valence-electron chi connectivity index (χ0n) is 12.7. The molecule has 1 unspecified atom stereocenters. The lowest BCUT2D eigenvalue weighted by atomic mass is 9.75. The third kappa shape index (κ3) is 4.24. The van der Waals surface area contributed by atoms with Gasteiger partial charge in [-0.15, -0.1) is 0 Å². The Morgan fingerprint density at radius 1 is 1.17 bits per heavy atom. The van der Waals surface area contributed by atoms with Crippen LogP contribution in [0.1, 0.15) is 58.8 Å². The zero-order chi connectivity index (χ0) is 13.0. The minimum atomic E-state index is 0.604. The summed E-state index contributed by atoms with van der Waals surface area (Å²) in [5.74, 6) is 0.962. The molecule has 1 aliphatic heterocycles. The summed E-state index contributed by atoms with van der Waals surface area (Å²) in [7, 11) is 2.34. The van der Waals surface area contributed by atoms with E-state index in [1.807, 2.05) is 0 Å². The number of hydrogen-bond donors (Lipinski definition) is 1. The van der Waals surface area contributed by atoms with Gasteiger partial charge in [-0.3, -0.25) is 0 Å². The summed E-state index contributed by atoms with van der Waals surface area (Å²) in [4.78, 5) is 2.64. The molecule has 1 saturated carbocycles. The van der Waals surface area contributed by atoms with Crippen LogP contribution in [0.15, 0.2) is 0 Å². The van der Waals surface area contributed by atoms with Gasteiger partial charge in [0, 0.05) is 6.04 Å². The molecular weight excluding hydrogens is 220 g/mol. The van der Waals surface area contributed by atoms with E-state index in [1.54, 1.807) is 0 Å². The Hall–Kier alpha value is -0.0800. The van der Waals surface area contributed by atoms with Crippen molar-refractivity contribution in [2.24, 2.45) is 11.3 Å². The van der Waals surface area contributed by atoms with Crippen LogP contribution >= 0.6 is 0 Å². The molecule has 2 nitrogen and oxygen atoms in total. The maximum Gasteiger partial charge on any atom is 0.00926 e. The van der Waals surface area contributed by atoms with E-state index in [-0.39, 0.29) is 0 Å². The second kappa shape index (κ2) is 6.38. The van der Waals surface area contributed by atoms with Gasteiger partial charge in [-0.1, -0.05) is 13.8 Å². The van der Waals surface area contributed by atoms with Crippen molar-refractivity contribution in [2.75, 3.05) is 26.7 Å². The highest BCUT2D eigenvalue weighted by Gasteiger charge is 2.28. The monoisotopic (exact) mass is 252 g/mol. The molecule has 2 rings (SSSR count). The quantitative estimate of drug-likeness (QED) is 0.808. The smallest absolute Gasteiger partial charge is 0.00926 e. The summed E-state index contributed by atoms with van der Waals surface area (Å²) < 4.78 is 0. The second-order valence-corrected chi connectivity index (χ2v) is 7.38. The van der Waals surface area contributed by atoms with Gasteiger partial charge in [-0.2, -0.15) is 0 Å².